The highest BCUT2D eigenvalue weighted by molar-refractivity contribution is 14.1. The first-order chi connectivity index (χ1) is 19.8. The number of hydrogen-bond donors (Lipinski definition) is 7. The lowest BCUT2D eigenvalue weighted by molar-refractivity contribution is -0.766. The van der Waals surface area contributed by atoms with E-state index in [9.17, 15) is 39.3 Å². The molecule has 42 heavy (non-hydrogen) atoms. The van der Waals surface area contributed by atoms with Crippen LogP contribution in [0.15, 0.2) is 37.2 Å². The summed E-state index contributed by atoms with van der Waals surface area (Å²) in [7, 11) is -10.6. The number of nitrogens with zero attached hydrogens (tertiary/aromatic N) is 5. The number of rotatable bonds is 10. The van der Waals surface area contributed by atoms with Crippen LogP contribution in [-0.2, 0) is 32.0 Å². The van der Waals surface area contributed by atoms with E-state index >= 15 is 0 Å². The van der Waals surface area contributed by atoms with Crippen molar-refractivity contribution in [3.8, 4) is 0 Å². The molecule has 2 aliphatic rings. The average molecular weight is 747 g/mol. The van der Waals surface area contributed by atoms with Gasteiger partial charge in [-0.2, -0.15) is 8.88 Å². The Labute approximate surface area is 249 Å². The summed E-state index contributed by atoms with van der Waals surface area (Å²) in [5.74, 6) is 0.0617. The molecular weight excluding hydrogens is 721 g/mol. The van der Waals surface area contributed by atoms with E-state index in [1.165, 1.54) is 15.5 Å². The third kappa shape index (κ3) is 6.66. The Hall–Kier alpha value is -1.75. The number of fused-ring (bicyclic) bond motifs is 1. The summed E-state index contributed by atoms with van der Waals surface area (Å²) in [6.45, 7) is -1.63. The van der Waals surface area contributed by atoms with Crippen LogP contribution in [0, 0.1) is 3.57 Å². The topological polar surface area (TPSA) is 275 Å². The number of pyridine rings is 1. The van der Waals surface area contributed by atoms with Gasteiger partial charge in [0.25, 0.3) is 6.23 Å². The van der Waals surface area contributed by atoms with Crippen LogP contribution < -0.4 is 10.3 Å². The van der Waals surface area contributed by atoms with Crippen molar-refractivity contribution in [2.45, 2.75) is 49.1 Å². The first-order valence-corrected chi connectivity index (χ1v) is 16.1. The molecule has 0 spiro atoms. The third-order valence-electron chi connectivity index (χ3n) is 6.42. The highest BCUT2D eigenvalue weighted by atomic mass is 127. The Morgan fingerprint density at radius 3 is 2.33 bits per heavy atom. The van der Waals surface area contributed by atoms with Crippen molar-refractivity contribution in [1.29, 1.82) is 0 Å². The van der Waals surface area contributed by atoms with E-state index in [-0.39, 0.29) is 17.0 Å². The minimum absolute atomic E-state index is 0.0617. The lowest BCUT2D eigenvalue weighted by Gasteiger charge is -2.22. The van der Waals surface area contributed by atoms with E-state index < -0.39 is 77.9 Å². The summed E-state index contributed by atoms with van der Waals surface area (Å²) in [4.78, 5) is 30.5. The number of halogens is 1. The number of phosphoric acid groups is 2. The zero-order valence-corrected chi connectivity index (χ0v) is 25.1. The van der Waals surface area contributed by atoms with Gasteiger partial charge >= 0.3 is 15.6 Å². The van der Waals surface area contributed by atoms with E-state index in [4.69, 9.17) is 24.3 Å². The van der Waals surface area contributed by atoms with E-state index in [0.717, 1.165) is 9.90 Å². The Morgan fingerprint density at radius 1 is 1.00 bits per heavy atom. The third-order valence-corrected chi connectivity index (χ3v) is 9.64. The second kappa shape index (κ2) is 12.3. The van der Waals surface area contributed by atoms with Crippen molar-refractivity contribution in [2.75, 3.05) is 18.9 Å². The van der Waals surface area contributed by atoms with Crippen LogP contribution in [0.25, 0.3) is 11.2 Å². The molecule has 0 aromatic carbocycles. The number of ether oxygens (including phenoxy) is 2. The number of nitrogen functional groups attached to an aromatic ring is 1. The van der Waals surface area contributed by atoms with Gasteiger partial charge in [0.15, 0.2) is 36.2 Å². The first-order valence-electron chi connectivity index (χ1n) is 12.0. The molecule has 0 radical (unpaired) electrons. The highest BCUT2D eigenvalue weighted by Gasteiger charge is 2.50. The summed E-state index contributed by atoms with van der Waals surface area (Å²) in [6, 6.07) is 3.47. The Morgan fingerprint density at radius 2 is 1.67 bits per heavy atom. The van der Waals surface area contributed by atoms with Gasteiger partial charge in [-0.05, 0) is 28.7 Å². The molecule has 3 aromatic heterocycles. The van der Waals surface area contributed by atoms with Crippen molar-refractivity contribution in [1.82, 2.24) is 19.5 Å². The van der Waals surface area contributed by atoms with Crippen LogP contribution in [0.3, 0.4) is 0 Å². The van der Waals surface area contributed by atoms with Gasteiger partial charge in [0.05, 0.1) is 23.1 Å². The summed E-state index contributed by atoms with van der Waals surface area (Å²) in [5.41, 5.74) is 6.16. The molecule has 0 aliphatic carbocycles. The lowest BCUT2D eigenvalue weighted by atomic mass is 10.1. The van der Waals surface area contributed by atoms with Crippen molar-refractivity contribution < 1.29 is 66.7 Å². The normalized spacial score (nSPS) is 31.5. The Balaban J connectivity index is 1.27. The molecule has 22 heteroatoms. The molecular formula is C20H26IN6O13P2+. The average Bonchev–Trinajstić information content (AvgIpc) is 3.56. The Kier molecular flexibility index (Phi) is 9.30. The second-order valence-corrected chi connectivity index (χ2v) is 13.5. The summed E-state index contributed by atoms with van der Waals surface area (Å²) in [6.07, 6.45) is -5.65. The van der Waals surface area contributed by atoms with Crippen molar-refractivity contribution in [3.63, 3.8) is 0 Å². The zero-order chi connectivity index (χ0) is 30.4. The van der Waals surface area contributed by atoms with E-state index in [1.54, 1.807) is 24.5 Å². The predicted octanol–water partition coefficient (Wildman–Crippen LogP) is -1.51. The van der Waals surface area contributed by atoms with Gasteiger partial charge in [0.2, 0.25) is 0 Å². The van der Waals surface area contributed by atoms with E-state index in [1.807, 2.05) is 22.6 Å². The summed E-state index contributed by atoms with van der Waals surface area (Å²) >= 11 is 2.04. The van der Waals surface area contributed by atoms with Crippen molar-refractivity contribution in [3.05, 3.63) is 40.8 Å². The van der Waals surface area contributed by atoms with Crippen molar-refractivity contribution in [2.24, 2.45) is 0 Å². The summed E-state index contributed by atoms with van der Waals surface area (Å²) in [5, 5.41) is 42.1. The standard InChI is InChI=1S/C20H25IN6O13P2/c21-9-2-1-3-26(4-9)19-15(30)13(28)10(38-19)5-36-42(35,40-41(32,33)34)37-6-11-14(29)16(31)20(39-11)27-8-25-12-17(22)23-7-24-18(12)27/h1-4,7-8,10-11,13-16,19-20,28-31H,5-6H2,(H3-,22,23,24,32,33,34)/p+1/t10-,11-,13-,14-,15-,16-,19-,20-,42?/m1/s1. The molecule has 2 saturated heterocycles. The molecule has 1 unspecified atom stereocenters. The van der Waals surface area contributed by atoms with E-state index in [2.05, 4.69) is 19.3 Å². The van der Waals surface area contributed by atoms with Gasteiger partial charge in [-0.1, -0.05) is 0 Å². The molecule has 5 rings (SSSR count). The first kappa shape index (κ1) is 31.7. The molecule has 230 valence electrons. The molecule has 3 aromatic rings. The van der Waals surface area contributed by atoms with Gasteiger partial charge in [-0.3, -0.25) is 13.6 Å². The van der Waals surface area contributed by atoms with Gasteiger partial charge in [0, 0.05) is 6.07 Å². The molecule has 5 heterocycles. The van der Waals surface area contributed by atoms with Gasteiger partial charge < -0.3 is 45.4 Å². The molecule has 2 aliphatic heterocycles. The fraction of sp³-hybridized carbons (Fsp3) is 0.500. The molecule has 0 amide bonds. The number of aliphatic hydroxyl groups is 4. The quantitative estimate of drug-likeness (QED) is 0.0705. The van der Waals surface area contributed by atoms with Crippen molar-refractivity contribution >= 4 is 55.2 Å². The van der Waals surface area contributed by atoms with E-state index in [0.29, 0.717) is 0 Å². The van der Waals surface area contributed by atoms with Gasteiger partial charge in [0.1, 0.15) is 42.4 Å². The molecule has 0 saturated carbocycles. The number of aromatic nitrogens is 5. The fourth-order valence-electron chi connectivity index (χ4n) is 4.43. The fourth-order valence-corrected chi connectivity index (χ4v) is 7.11. The van der Waals surface area contributed by atoms with Crippen LogP contribution in [0.5, 0.6) is 0 Å². The molecule has 19 nitrogen and oxygen atoms in total. The second-order valence-electron chi connectivity index (χ2n) is 9.26. The predicted molar refractivity (Wildman–Crippen MR) is 144 cm³/mol. The molecule has 8 N–H and O–H groups in total. The van der Waals surface area contributed by atoms with Crippen LogP contribution >= 0.6 is 38.2 Å². The lowest BCUT2D eigenvalue weighted by Crippen LogP contribution is -2.45. The zero-order valence-electron chi connectivity index (χ0n) is 21.1. The summed E-state index contributed by atoms with van der Waals surface area (Å²) < 4.78 is 54.1. The number of anilines is 1. The Bertz CT molecular complexity index is 1530. The maximum absolute atomic E-state index is 13.2. The van der Waals surface area contributed by atoms with Gasteiger partial charge in [-0.25, -0.2) is 24.1 Å². The molecule has 9 atom stereocenters. The van der Waals surface area contributed by atoms with Crippen LogP contribution in [0.2, 0.25) is 0 Å². The number of nitrogens with two attached hydrogens (primary N) is 1. The van der Waals surface area contributed by atoms with Gasteiger partial charge in [-0.15, -0.1) is 0 Å². The van der Waals surface area contributed by atoms with Crippen LogP contribution in [0.1, 0.15) is 12.5 Å². The minimum Gasteiger partial charge on any atom is -0.387 e. The smallest absolute Gasteiger partial charge is 0.387 e. The van der Waals surface area contributed by atoms with Crippen LogP contribution in [0.4, 0.5) is 5.82 Å². The minimum atomic E-state index is -5.48. The number of phosphoric ester groups is 1. The SMILES string of the molecule is Nc1ncnc2c1ncn2[C@@H]1O[C@H](COP(=O)(OC[C@H]2O[C@@H]([n+]3cccc(I)c3)[C@H](O)[C@@H]2O)OP(=O)(O)O)[C@@H](O)[C@H]1O. The maximum Gasteiger partial charge on any atom is 0.483 e. The molecule has 0 bridgehead atoms. The number of aliphatic hydroxyl groups excluding tert-OH is 4. The monoisotopic (exact) mass is 747 g/mol. The maximum atomic E-state index is 13.2. The highest BCUT2D eigenvalue weighted by Crippen LogP contribution is 2.61. The van der Waals surface area contributed by atoms with Crippen LogP contribution in [-0.4, -0.2) is 99.6 Å². The molecule has 2 fully saturated rings. The largest absolute Gasteiger partial charge is 0.483 e. The number of hydrogen-bond acceptors (Lipinski definition) is 15. The number of imidazole rings is 1.